The quantitative estimate of drug-likeness (QED) is 0.500. The van der Waals surface area contributed by atoms with E-state index in [2.05, 4.69) is 6.92 Å². The third-order valence-electron chi connectivity index (χ3n) is 0.760. The molecule has 0 saturated heterocycles. The average Bonchev–Trinajstić information content (AvgIpc) is 1.67. The number of rotatable bonds is 3. The Labute approximate surface area is 50.3 Å². The van der Waals surface area contributed by atoms with Gasteiger partial charge in [-0.05, 0) is 13.3 Å². The lowest BCUT2D eigenvalue weighted by molar-refractivity contribution is 0.290. The van der Waals surface area contributed by atoms with Crippen LogP contribution in [0.1, 0.15) is 6.42 Å². The summed E-state index contributed by atoms with van der Waals surface area (Å²) in [5.41, 5.74) is 0. The monoisotopic (exact) mass is 137 g/mol. The van der Waals surface area contributed by atoms with Crippen LogP contribution in [0, 0.1) is 6.92 Å². The molecule has 0 bridgehead atoms. The first kappa shape index (κ1) is 7.91. The molecule has 0 aliphatic carbocycles. The molecule has 0 aromatic heterocycles. The number of aliphatic hydroxyl groups excluding tert-OH is 1. The van der Waals surface area contributed by atoms with E-state index in [0.29, 0.717) is 0 Å². The summed E-state index contributed by atoms with van der Waals surface area (Å²) in [6.07, 6.45) is 0.235. The van der Waals surface area contributed by atoms with Gasteiger partial charge in [-0.2, -0.15) is 0 Å². The summed E-state index contributed by atoms with van der Waals surface area (Å²) < 4.78 is 19.9. The second-order valence-corrected chi connectivity index (χ2v) is 2.75. The van der Waals surface area contributed by atoms with Crippen molar-refractivity contribution in [3.8, 4) is 0 Å². The molecule has 0 aromatic rings. The minimum Gasteiger partial charge on any atom is -0.396 e. The molecule has 0 fully saturated rings. The van der Waals surface area contributed by atoms with Crippen molar-refractivity contribution in [3.05, 3.63) is 6.92 Å². The molecular weight excluding hydrogens is 128 g/mol. The van der Waals surface area contributed by atoms with Crippen molar-refractivity contribution in [3.63, 3.8) is 0 Å². The minimum absolute atomic E-state index is 0.114. The molecular formula is C4H9O3S. The fourth-order valence-electron chi connectivity index (χ4n) is 0.254. The zero-order valence-electron chi connectivity index (χ0n) is 4.41. The predicted octanol–water partition coefficient (Wildman–Crippen LogP) is -0.817. The molecule has 3 nitrogen and oxygen atoms in total. The Morgan fingerprint density at radius 2 is 2.12 bits per heavy atom. The lowest BCUT2D eigenvalue weighted by Gasteiger charge is -1.95. The molecule has 0 heterocycles. The van der Waals surface area contributed by atoms with E-state index < -0.39 is 16.0 Å². The van der Waals surface area contributed by atoms with Gasteiger partial charge in [0.25, 0.3) is 0 Å². The van der Waals surface area contributed by atoms with Crippen molar-refractivity contribution in [1.82, 2.24) is 0 Å². The van der Waals surface area contributed by atoms with Crippen LogP contribution in [0.15, 0.2) is 0 Å². The molecule has 0 amide bonds. The predicted molar refractivity (Wildman–Crippen MR) is 31.2 cm³/mol. The third kappa shape index (κ3) is 2.98. The molecule has 4 heteroatoms. The van der Waals surface area contributed by atoms with Crippen LogP contribution in [0.3, 0.4) is 0 Å². The minimum atomic E-state index is -2.44. The van der Waals surface area contributed by atoms with E-state index in [1.807, 2.05) is 0 Å². The zero-order valence-corrected chi connectivity index (χ0v) is 5.30. The van der Waals surface area contributed by atoms with E-state index in [9.17, 15) is 8.42 Å². The fraction of sp³-hybridized carbons (Fsp3) is 0.750. The Morgan fingerprint density at radius 3 is 2.25 bits per heavy atom. The second-order valence-electron chi connectivity index (χ2n) is 1.45. The summed E-state index contributed by atoms with van der Waals surface area (Å²) in [6.45, 7) is 3.16. The van der Waals surface area contributed by atoms with Crippen LogP contribution in [0.4, 0.5) is 0 Å². The van der Waals surface area contributed by atoms with E-state index in [4.69, 9.17) is 5.11 Å². The summed E-state index contributed by atoms with van der Waals surface area (Å²) in [6, 6.07) is 0. The SMILES string of the molecule is [CH2]C(CCO)[SH](=O)=O. The molecule has 49 valence electrons. The van der Waals surface area contributed by atoms with Gasteiger partial charge < -0.3 is 5.11 Å². The van der Waals surface area contributed by atoms with Gasteiger partial charge in [0, 0.05) is 6.61 Å². The van der Waals surface area contributed by atoms with Crippen LogP contribution in [0.25, 0.3) is 0 Å². The molecule has 8 heavy (non-hydrogen) atoms. The summed E-state index contributed by atoms with van der Waals surface area (Å²) in [5, 5.41) is 7.55. The maximum absolute atomic E-state index is 9.95. The molecule has 1 N–H and O–H groups in total. The Kier molecular flexibility index (Phi) is 3.81. The highest BCUT2D eigenvalue weighted by Gasteiger charge is 2.00. The van der Waals surface area contributed by atoms with Crippen LogP contribution in [-0.2, 0) is 10.7 Å². The normalized spacial score (nSPS) is 14.4. The number of hydrogen-bond acceptors (Lipinski definition) is 3. The first-order chi connectivity index (χ1) is 3.68. The Balaban J connectivity index is 3.48. The third-order valence-corrected chi connectivity index (χ3v) is 1.61. The van der Waals surface area contributed by atoms with Crippen LogP contribution in [-0.4, -0.2) is 25.4 Å². The van der Waals surface area contributed by atoms with E-state index in [1.54, 1.807) is 0 Å². The average molecular weight is 137 g/mol. The summed E-state index contributed by atoms with van der Waals surface area (Å²) in [7, 11) is -2.44. The molecule has 1 atom stereocenters. The van der Waals surface area contributed by atoms with Crippen molar-refractivity contribution in [2.75, 3.05) is 6.61 Å². The van der Waals surface area contributed by atoms with Gasteiger partial charge in [0.1, 0.15) is 10.7 Å². The topological polar surface area (TPSA) is 54.4 Å². The maximum Gasteiger partial charge on any atom is 0.143 e. The van der Waals surface area contributed by atoms with Gasteiger partial charge >= 0.3 is 0 Å². The number of aliphatic hydroxyl groups is 1. The van der Waals surface area contributed by atoms with Crippen molar-refractivity contribution in [1.29, 1.82) is 0 Å². The smallest absolute Gasteiger partial charge is 0.143 e. The Bertz CT molecular complexity index is 110. The van der Waals surface area contributed by atoms with E-state index >= 15 is 0 Å². The maximum atomic E-state index is 9.95. The van der Waals surface area contributed by atoms with Crippen LogP contribution in [0.5, 0.6) is 0 Å². The molecule has 0 aromatic carbocycles. The van der Waals surface area contributed by atoms with Gasteiger partial charge in [-0.15, -0.1) is 0 Å². The fourth-order valence-corrected chi connectivity index (χ4v) is 0.581. The summed E-state index contributed by atoms with van der Waals surface area (Å²) in [4.78, 5) is 0. The van der Waals surface area contributed by atoms with E-state index in [-0.39, 0.29) is 13.0 Å². The van der Waals surface area contributed by atoms with Crippen LogP contribution >= 0.6 is 0 Å². The first-order valence-electron chi connectivity index (χ1n) is 2.26. The highest BCUT2D eigenvalue weighted by atomic mass is 32.2. The standard InChI is InChI=1S/C4H9O3S/c1-4(2-3-5)8(6)7/h4-5,8H,1-3H2. The molecule has 0 aliphatic heterocycles. The number of thiol groups is 1. The van der Waals surface area contributed by atoms with Crippen molar-refractivity contribution in [2.24, 2.45) is 0 Å². The lowest BCUT2D eigenvalue weighted by atomic mass is 10.4. The first-order valence-corrected chi connectivity index (χ1v) is 3.50. The summed E-state index contributed by atoms with van der Waals surface area (Å²) >= 11 is 0. The molecule has 0 aliphatic rings. The number of hydrogen-bond donors (Lipinski definition) is 2. The van der Waals surface area contributed by atoms with E-state index in [0.717, 1.165) is 0 Å². The van der Waals surface area contributed by atoms with Gasteiger partial charge in [-0.25, -0.2) is 8.42 Å². The van der Waals surface area contributed by atoms with E-state index in [1.165, 1.54) is 0 Å². The van der Waals surface area contributed by atoms with Crippen molar-refractivity contribution < 1.29 is 13.5 Å². The van der Waals surface area contributed by atoms with Gasteiger partial charge in [0.2, 0.25) is 0 Å². The molecule has 1 radical (unpaired) electrons. The second kappa shape index (κ2) is 3.86. The van der Waals surface area contributed by atoms with Gasteiger partial charge in [0.15, 0.2) is 0 Å². The van der Waals surface area contributed by atoms with Crippen molar-refractivity contribution in [2.45, 2.75) is 11.7 Å². The Morgan fingerprint density at radius 1 is 1.62 bits per heavy atom. The molecule has 1 unspecified atom stereocenters. The van der Waals surface area contributed by atoms with Gasteiger partial charge in [0.05, 0.1) is 5.25 Å². The Hall–Kier alpha value is -0.0900. The van der Waals surface area contributed by atoms with Crippen molar-refractivity contribution >= 4 is 10.7 Å². The van der Waals surface area contributed by atoms with Crippen LogP contribution in [0.2, 0.25) is 0 Å². The molecule has 0 spiro atoms. The largest absolute Gasteiger partial charge is 0.396 e. The molecule has 0 rings (SSSR count). The van der Waals surface area contributed by atoms with Gasteiger partial charge in [-0.3, -0.25) is 0 Å². The zero-order chi connectivity index (χ0) is 6.57. The lowest BCUT2D eigenvalue weighted by Crippen LogP contribution is -2.05. The highest BCUT2D eigenvalue weighted by molar-refractivity contribution is 7.73. The summed E-state index contributed by atoms with van der Waals surface area (Å²) in [5.74, 6) is 0. The van der Waals surface area contributed by atoms with Gasteiger partial charge in [-0.1, -0.05) is 0 Å². The molecule has 0 saturated carbocycles. The highest BCUT2D eigenvalue weighted by Crippen LogP contribution is 1.90. The van der Waals surface area contributed by atoms with Crippen LogP contribution < -0.4 is 0 Å².